The molecule has 2 aliphatic heterocycles. The Morgan fingerprint density at radius 1 is 1.24 bits per heavy atom. The number of nitrogens with two attached hydrogens (primary N) is 1. The lowest BCUT2D eigenvalue weighted by molar-refractivity contribution is -0.130. The first-order valence-electron chi connectivity index (χ1n) is 12.9. The number of fused-ring (bicyclic) bond motifs is 2. The molecule has 8 nitrogen and oxygen atoms in total. The van der Waals surface area contributed by atoms with Gasteiger partial charge in [-0.25, -0.2) is 9.37 Å². The van der Waals surface area contributed by atoms with Crippen LogP contribution in [0.1, 0.15) is 21.6 Å². The molecule has 3 N–H and O–H groups in total. The number of aromatic nitrogens is 1. The van der Waals surface area contributed by atoms with Crippen molar-refractivity contribution in [3.05, 3.63) is 89.3 Å². The van der Waals surface area contributed by atoms with Crippen LogP contribution in [0.25, 0.3) is 38.0 Å². The molecule has 4 aromatic rings. The zero-order valence-corrected chi connectivity index (χ0v) is 23.0. The van der Waals surface area contributed by atoms with Crippen molar-refractivity contribution in [1.82, 2.24) is 15.2 Å². The smallest absolute Gasteiger partial charge is 0.251 e. The summed E-state index contributed by atoms with van der Waals surface area (Å²) in [6, 6.07) is 12.0. The second-order valence-corrected chi connectivity index (χ2v) is 10.7. The Bertz CT molecular complexity index is 1790. The van der Waals surface area contributed by atoms with Crippen molar-refractivity contribution in [2.75, 3.05) is 20.2 Å². The van der Waals surface area contributed by atoms with Crippen molar-refractivity contribution in [2.24, 2.45) is 10.7 Å². The van der Waals surface area contributed by atoms with Crippen LogP contribution < -0.4 is 15.8 Å². The topological polar surface area (TPSA) is 110 Å². The molecule has 0 unspecified atom stereocenters. The van der Waals surface area contributed by atoms with Gasteiger partial charge in [-0.15, -0.1) is 11.3 Å². The van der Waals surface area contributed by atoms with E-state index in [1.807, 2.05) is 29.6 Å². The van der Waals surface area contributed by atoms with Crippen LogP contribution in [-0.4, -0.2) is 54.2 Å². The average molecular weight is 568 g/mol. The molecule has 2 aromatic heterocycles. The standard InChI is InChI=1S/C31H26FN5O3S/c1-3-26(38)37-15-21(16-37)34-14-19(12-33)29-27(23-7-5-20(32)11-25(23)40-2)30-24(8-9-41-30)28(36-29)17-4-6-22-18(10-17)13-35-31(22)39/h3-12,14,21H,1,13,15-16,33H2,2H3,(H,35,39)/b19-12+,34-14?. The number of benzene rings is 2. The van der Waals surface area contributed by atoms with Gasteiger partial charge in [0.15, 0.2) is 0 Å². The number of methoxy groups -OCH3 is 1. The maximum atomic E-state index is 14.2. The normalized spacial score (nSPS) is 15.2. The van der Waals surface area contributed by atoms with Gasteiger partial charge in [-0.1, -0.05) is 12.6 Å². The molecule has 0 radical (unpaired) electrons. The molecule has 206 valence electrons. The fourth-order valence-electron chi connectivity index (χ4n) is 5.18. The lowest BCUT2D eigenvalue weighted by Gasteiger charge is -2.36. The van der Waals surface area contributed by atoms with E-state index in [0.29, 0.717) is 47.8 Å². The van der Waals surface area contributed by atoms with E-state index in [9.17, 15) is 14.0 Å². The molecule has 6 rings (SSSR count). The molecule has 2 aromatic carbocycles. The van der Waals surface area contributed by atoms with Gasteiger partial charge >= 0.3 is 0 Å². The molecule has 0 bridgehead atoms. The van der Waals surface area contributed by atoms with Crippen LogP contribution in [0.2, 0.25) is 0 Å². The van der Waals surface area contributed by atoms with E-state index in [1.165, 1.54) is 42.9 Å². The predicted molar refractivity (Wildman–Crippen MR) is 159 cm³/mol. The number of aliphatic imine (C=N–C) groups is 1. The van der Waals surface area contributed by atoms with Gasteiger partial charge in [-0.2, -0.15) is 0 Å². The van der Waals surface area contributed by atoms with E-state index < -0.39 is 5.82 Å². The molecule has 41 heavy (non-hydrogen) atoms. The molecule has 1 fully saturated rings. The Hall–Kier alpha value is -4.83. The highest BCUT2D eigenvalue weighted by atomic mass is 32.1. The van der Waals surface area contributed by atoms with Gasteiger partial charge in [0.05, 0.1) is 24.5 Å². The van der Waals surface area contributed by atoms with Crippen molar-refractivity contribution in [3.63, 3.8) is 0 Å². The third-order valence-electron chi connectivity index (χ3n) is 7.33. The van der Waals surface area contributed by atoms with E-state index in [4.69, 9.17) is 15.5 Å². The molecule has 0 spiro atoms. The summed E-state index contributed by atoms with van der Waals surface area (Å²) >= 11 is 1.53. The van der Waals surface area contributed by atoms with Gasteiger partial charge < -0.3 is 20.7 Å². The number of amides is 2. The van der Waals surface area contributed by atoms with Crippen LogP contribution in [0.3, 0.4) is 0 Å². The Balaban J connectivity index is 1.52. The second-order valence-electron chi connectivity index (χ2n) is 9.75. The summed E-state index contributed by atoms with van der Waals surface area (Å²) in [6.45, 7) is 4.97. The van der Waals surface area contributed by atoms with Gasteiger partial charge in [0, 0.05) is 76.0 Å². The summed E-state index contributed by atoms with van der Waals surface area (Å²) in [7, 11) is 1.50. The number of nitrogens with one attached hydrogen (secondary N) is 1. The van der Waals surface area contributed by atoms with Gasteiger partial charge in [0.2, 0.25) is 5.91 Å². The van der Waals surface area contributed by atoms with E-state index >= 15 is 0 Å². The van der Waals surface area contributed by atoms with E-state index in [-0.39, 0.29) is 17.9 Å². The number of carbonyl (C=O) groups excluding carboxylic acids is 2. The van der Waals surface area contributed by atoms with E-state index in [0.717, 1.165) is 32.5 Å². The highest BCUT2D eigenvalue weighted by Crippen LogP contribution is 2.44. The zero-order chi connectivity index (χ0) is 28.7. The van der Waals surface area contributed by atoms with Crippen LogP contribution in [-0.2, 0) is 11.3 Å². The van der Waals surface area contributed by atoms with Crippen molar-refractivity contribution in [2.45, 2.75) is 12.6 Å². The molecule has 1 saturated heterocycles. The Morgan fingerprint density at radius 3 is 2.80 bits per heavy atom. The fourth-order valence-corrected chi connectivity index (χ4v) is 6.14. The van der Waals surface area contributed by atoms with Crippen molar-refractivity contribution < 1.29 is 18.7 Å². The number of hydrogen-bond donors (Lipinski definition) is 2. The molecule has 10 heteroatoms. The van der Waals surface area contributed by atoms with Crippen LogP contribution in [0, 0.1) is 5.82 Å². The van der Waals surface area contributed by atoms with E-state index in [2.05, 4.69) is 16.9 Å². The zero-order valence-electron chi connectivity index (χ0n) is 22.2. The third kappa shape index (κ3) is 4.66. The van der Waals surface area contributed by atoms with Gasteiger partial charge in [0.25, 0.3) is 5.91 Å². The number of ether oxygens (including phenoxy) is 1. The van der Waals surface area contributed by atoms with Crippen molar-refractivity contribution >= 4 is 45.0 Å². The minimum atomic E-state index is -0.416. The summed E-state index contributed by atoms with van der Waals surface area (Å²) in [5.41, 5.74) is 11.9. The minimum Gasteiger partial charge on any atom is -0.496 e. The molecule has 2 aliphatic rings. The summed E-state index contributed by atoms with van der Waals surface area (Å²) in [5.74, 6) is -0.269. The molecule has 0 saturated carbocycles. The molecular formula is C31H26FN5O3S. The molecular weight excluding hydrogens is 541 g/mol. The van der Waals surface area contributed by atoms with Crippen molar-refractivity contribution in [3.8, 4) is 28.1 Å². The number of halogens is 1. The Morgan fingerprint density at radius 2 is 2.05 bits per heavy atom. The molecule has 0 aliphatic carbocycles. The van der Waals surface area contributed by atoms with Gasteiger partial charge in [0.1, 0.15) is 11.6 Å². The first-order valence-corrected chi connectivity index (χ1v) is 13.8. The molecule has 2 amide bonds. The third-order valence-corrected chi connectivity index (χ3v) is 8.26. The van der Waals surface area contributed by atoms with Crippen LogP contribution in [0.15, 0.2) is 71.7 Å². The first kappa shape index (κ1) is 26.4. The Kier molecular flexibility index (Phi) is 6.84. The maximum absolute atomic E-state index is 14.2. The van der Waals surface area contributed by atoms with Crippen LogP contribution in [0.5, 0.6) is 5.75 Å². The summed E-state index contributed by atoms with van der Waals surface area (Å²) in [6.07, 6.45) is 4.42. The highest BCUT2D eigenvalue weighted by molar-refractivity contribution is 7.18. The molecule has 0 atom stereocenters. The fraction of sp³-hybridized carbons (Fsp3) is 0.161. The van der Waals surface area contributed by atoms with Gasteiger partial charge in [-0.05, 0) is 47.4 Å². The number of allylic oxidation sites excluding steroid dienone is 1. The number of likely N-dealkylation sites (tertiary alicyclic amines) is 1. The van der Waals surface area contributed by atoms with E-state index in [1.54, 1.807) is 17.2 Å². The lowest BCUT2D eigenvalue weighted by Crippen LogP contribution is -2.52. The van der Waals surface area contributed by atoms with Crippen LogP contribution in [0.4, 0.5) is 4.39 Å². The largest absolute Gasteiger partial charge is 0.496 e. The monoisotopic (exact) mass is 567 g/mol. The molecule has 4 heterocycles. The Labute approximate surface area is 239 Å². The van der Waals surface area contributed by atoms with Gasteiger partial charge in [-0.3, -0.25) is 14.6 Å². The number of carbonyl (C=O) groups is 2. The summed E-state index contributed by atoms with van der Waals surface area (Å²) in [4.78, 5) is 35.5. The lowest BCUT2D eigenvalue weighted by atomic mass is 9.94. The summed E-state index contributed by atoms with van der Waals surface area (Å²) < 4.78 is 20.7. The maximum Gasteiger partial charge on any atom is 0.251 e. The highest BCUT2D eigenvalue weighted by Gasteiger charge is 2.29. The number of hydrogen-bond acceptors (Lipinski definition) is 7. The SMILES string of the molecule is C=CC(=O)N1CC(N=C/C(=C\N)c2nc(-c3ccc4c(c3)CNC4=O)c3ccsc3c2-c2ccc(F)cc2OC)C1. The number of rotatable bonds is 7. The average Bonchev–Trinajstić information content (AvgIpc) is 3.60. The first-order chi connectivity index (χ1) is 19.9. The predicted octanol–water partition coefficient (Wildman–Crippen LogP) is 4.79. The van der Waals surface area contributed by atoms with Crippen LogP contribution >= 0.6 is 11.3 Å². The number of pyridine rings is 1. The number of thiophene rings is 1. The summed E-state index contributed by atoms with van der Waals surface area (Å²) in [5, 5.41) is 5.75. The van der Waals surface area contributed by atoms with Crippen molar-refractivity contribution in [1.29, 1.82) is 0 Å². The minimum absolute atomic E-state index is 0.0793. The quantitative estimate of drug-likeness (QED) is 0.247. The second kappa shape index (κ2) is 10.6. The number of nitrogens with zero attached hydrogens (tertiary/aromatic N) is 3.